The van der Waals surface area contributed by atoms with Gasteiger partial charge in [0.05, 0.1) is 0 Å². The summed E-state index contributed by atoms with van der Waals surface area (Å²) in [5, 5.41) is 3.03. The highest BCUT2D eigenvalue weighted by Gasteiger charge is 2.24. The summed E-state index contributed by atoms with van der Waals surface area (Å²) < 4.78 is 0. The Labute approximate surface area is 90.7 Å². The van der Waals surface area contributed by atoms with Gasteiger partial charge in [0.25, 0.3) is 5.91 Å². The predicted octanol–water partition coefficient (Wildman–Crippen LogP) is 2.61. The van der Waals surface area contributed by atoms with Crippen LogP contribution in [0.25, 0.3) is 0 Å². The molecule has 1 saturated carbocycles. The van der Waals surface area contributed by atoms with Gasteiger partial charge in [0, 0.05) is 11.6 Å². The van der Waals surface area contributed by atoms with Crippen LogP contribution in [0.2, 0.25) is 0 Å². The van der Waals surface area contributed by atoms with Crippen molar-refractivity contribution in [3.63, 3.8) is 0 Å². The minimum Gasteiger partial charge on any atom is -0.350 e. The number of benzene rings is 1. The lowest BCUT2D eigenvalue weighted by Gasteiger charge is -2.13. The van der Waals surface area contributed by atoms with Gasteiger partial charge in [-0.3, -0.25) is 4.79 Å². The van der Waals surface area contributed by atoms with Crippen molar-refractivity contribution in [2.75, 3.05) is 0 Å². The zero-order valence-corrected chi connectivity index (χ0v) is 9.07. The fraction of sp³-hybridized carbons (Fsp3) is 0.462. The number of carbonyl (C=O) groups excluding carboxylic acids is 1. The molecule has 0 heterocycles. The van der Waals surface area contributed by atoms with Crippen LogP contribution in [0.5, 0.6) is 0 Å². The third kappa shape index (κ3) is 3.08. The first-order valence-electron chi connectivity index (χ1n) is 5.61. The van der Waals surface area contributed by atoms with E-state index in [1.54, 1.807) is 0 Å². The average Bonchev–Trinajstić information content (AvgIpc) is 3.03. The number of amides is 1. The maximum absolute atomic E-state index is 11.7. The fourth-order valence-electron chi connectivity index (χ4n) is 1.81. The lowest BCUT2D eigenvalue weighted by molar-refractivity contribution is 0.0937. The smallest absolute Gasteiger partial charge is 0.251 e. The molecule has 1 unspecified atom stereocenters. The summed E-state index contributed by atoms with van der Waals surface area (Å²) in [6.45, 7) is 2.08. The summed E-state index contributed by atoms with van der Waals surface area (Å²) in [6, 6.07) is 9.69. The summed E-state index contributed by atoms with van der Waals surface area (Å²) >= 11 is 0. The molecule has 0 bridgehead atoms. The number of hydrogen-bond donors (Lipinski definition) is 1. The van der Waals surface area contributed by atoms with E-state index in [0.717, 1.165) is 17.9 Å². The van der Waals surface area contributed by atoms with Crippen molar-refractivity contribution in [2.45, 2.75) is 32.2 Å². The molecule has 80 valence electrons. The molecule has 0 saturated heterocycles. The Bertz CT molecular complexity index is 330. The van der Waals surface area contributed by atoms with E-state index < -0.39 is 0 Å². The lowest BCUT2D eigenvalue weighted by atomic mass is 10.1. The Morgan fingerprint density at radius 3 is 2.67 bits per heavy atom. The molecule has 0 spiro atoms. The van der Waals surface area contributed by atoms with Gasteiger partial charge in [-0.1, -0.05) is 31.0 Å². The SMILES string of the molecule is CC(CC1CC1)NC(=O)c1ccccc1. The molecule has 15 heavy (non-hydrogen) atoms. The van der Waals surface area contributed by atoms with Crippen LogP contribution in [0.1, 0.15) is 36.5 Å². The molecule has 0 radical (unpaired) electrons. The Morgan fingerprint density at radius 1 is 1.40 bits per heavy atom. The molecule has 1 aliphatic carbocycles. The van der Waals surface area contributed by atoms with Crippen molar-refractivity contribution in [3.8, 4) is 0 Å². The third-order valence-corrected chi connectivity index (χ3v) is 2.80. The number of hydrogen-bond acceptors (Lipinski definition) is 1. The zero-order valence-electron chi connectivity index (χ0n) is 9.07. The van der Waals surface area contributed by atoms with Gasteiger partial charge >= 0.3 is 0 Å². The van der Waals surface area contributed by atoms with Crippen molar-refractivity contribution in [3.05, 3.63) is 35.9 Å². The second kappa shape index (κ2) is 4.47. The van der Waals surface area contributed by atoms with Gasteiger partial charge in [0.1, 0.15) is 0 Å². The maximum Gasteiger partial charge on any atom is 0.251 e. The summed E-state index contributed by atoms with van der Waals surface area (Å²) in [5.41, 5.74) is 0.750. The number of carbonyl (C=O) groups is 1. The van der Waals surface area contributed by atoms with Crippen molar-refractivity contribution >= 4 is 5.91 Å². The van der Waals surface area contributed by atoms with Crippen LogP contribution in [-0.4, -0.2) is 11.9 Å². The zero-order chi connectivity index (χ0) is 10.7. The van der Waals surface area contributed by atoms with Gasteiger partial charge in [-0.2, -0.15) is 0 Å². The molecule has 1 N–H and O–H groups in total. The molecule has 1 amide bonds. The molecule has 2 heteroatoms. The van der Waals surface area contributed by atoms with Crippen LogP contribution in [0, 0.1) is 5.92 Å². The van der Waals surface area contributed by atoms with E-state index >= 15 is 0 Å². The summed E-state index contributed by atoms with van der Waals surface area (Å²) in [7, 11) is 0. The van der Waals surface area contributed by atoms with Gasteiger partial charge in [0.2, 0.25) is 0 Å². The number of rotatable bonds is 4. The highest BCUT2D eigenvalue weighted by molar-refractivity contribution is 5.94. The largest absolute Gasteiger partial charge is 0.350 e. The average molecular weight is 203 g/mol. The normalized spacial score (nSPS) is 17.1. The van der Waals surface area contributed by atoms with Gasteiger partial charge in [-0.05, 0) is 31.4 Å². The van der Waals surface area contributed by atoms with Gasteiger partial charge in [0.15, 0.2) is 0 Å². The molecule has 2 rings (SSSR count). The standard InChI is InChI=1S/C13H17NO/c1-10(9-11-7-8-11)14-13(15)12-5-3-2-4-6-12/h2-6,10-11H,7-9H2,1H3,(H,14,15). The second-order valence-corrected chi connectivity index (χ2v) is 4.42. The molecule has 1 aliphatic rings. The summed E-state index contributed by atoms with van der Waals surface area (Å²) in [5.74, 6) is 0.903. The highest BCUT2D eigenvalue weighted by Crippen LogP contribution is 2.33. The molecule has 1 aromatic rings. The summed E-state index contributed by atoms with van der Waals surface area (Å²) in [6.07, 6.45) is 3.80. The van der Waals surface area contributed by atoms with Crippen LogP contribution in [0.3, 0.4) is 0 Å². The van der Waals surface area contributed by atoms with Gasteiger partial charge in [-0.15, -0.1) is 0 Å². The van der Waals surface area contributed by atoms with Crippen LogP contribution >= 0.6 is 0 Å². The second-order valence-electron chi connectivity index (χ2n) is 4.42. The Kier molecular flexibility index (Phi) is 3.05. The topological polar surface area (TPSA) is 29.1 Å². The molecule has 2 nitrogen and oxygen atoms in total. The minimum atomic E-state index is 0.0451. The Morgan fingerprint density at radius 2 is 2.07 bits per heavy atom. The van der Waals surface area contributed by atoms with Crippen molar-refractivity contribution in [1.29, 1.82) is 0 Å². The van der Waals surface area contributed by atoms with E-state index in [9.17, 15) is 4.79 Å². The first kappa shape index (κ1) is 10.2. The molecule has 1 aromatic carbocycles. The van der Waals surface area contributed by atoms with Crippen LogP contribution in [-0.2, 0) is 0 Å². The fourth-order valence-corrected chi connectivity index (χ4v) is 1.81. The highest BCUT2D eigenvalue weighted by atomic mass is 16.1. The predicted molar refractivity (Wildman–Crippen MR) is 60.7 cm³/mol. The molecule has 1 atom stereocenters. The molecule has 1 fully saturated rings. The van der Waals surface area contributed by atoms with E-state index in [-0.39, 0.29) is 5.91 Å². The Hall–Kier alpha value is -1.31. The first-order valence-corrected chi connectivity index (χ1v) is 5.61. The third-order valence-electron chi connectivity index (χ3n) is 2.80. The Balaban J connectivity index is 1.85. The van der Waals surface area contributed by atoms with Crippen molar-refractivity contribution < 1.29 is 4.79 Å². The van der Waals surface area contributed by atoms with E-state index in [1.165, 1.54) is 12.8 Å². The van der Waals surface area contributed by atoms with E-state index in [2.05, 4.69) is 12.2 Å². The quantitative estimate of drug-likeness (QED) is 0.800. The monoisotopic (exact) mass is 203 g/mol. The van der Waals surface area contributed by atoms with Crippen LogP contribution in [0.15, 0.2) is 30.3 Å². The maximum atomic E-state index is 11.7. The van der Waals surface area contributed by atoms with Crippen molar-refractivity contribution in [2.24, 2.45) is 5.92 Å². The molecule has 0 aromatic heterocycles. The lowest BCUT2D eigenvalue weighted by Crippen LogP contribution is -2.32. The van der Waals surface area contributed by atoms with Gasteiger partial charge < -0.3 is 5.32 Å². The van der Waals surface area contributed by atoms with Gasteiger partial charge in [-0.25, -0.2) is 0 Å². The minimum absolute atomic E-state index is 0.0451. The summed E-state index contributed by atoms with van der Waals surface area (Å²) in [4.78, 5) is 11.7. The molecule has 0 aliphatic heterocycles. The first-order chi connectivity index (χ1) is 7.25. The van der Waals surface area contributed by atoms with E-state index in [1.807, 2.05) is 30.3 Å². The van der Waals surface area contributed by atoms with E-state index in [0.29, 0.717) is 6.04 Å². The number of nitrogens with one attached hydrogen (secondary N) is 1. The van der Waals surface area contributed by atoms with Crippen LogP contribution in [0.4, 0.5) is 0 Å². The van der Waals surface area contributed by atoms with E-state index in [4.69, 9.17) is 0 Å². The van der Waals surface area contributed by atoms with Crippen LogP contribution < -0.4 is 5.32 Å². The van der Waals surface area contributed by atoms with Crippen molar-refractivity contribution in [1.82, 2.24) is 5.32 Å². The molecular weight excluding hydrogens is 186 g/mol. The molecular formula is C13H17NO.